The number of anilines is 1. The molecule has 0 amide bonds. The molecule has 0 fully saturated rings. The van der Waals surface area contributed by atoms with E-state index in [1.165, 1.54) is 12.3 Å². The van der Waals surface area contributed by atoms with Crippen LogP contribution in [0.25, 0.3) is 0 Å². The number of nitrogens with one attached hydrogen (secondary N) is 2. The molecule has 0 atom stereocenters. The molecule has 0 unspecified atom stereocenters. The Morgan fingerprint density at radius 2 is 2.10 bits per heavy atom. The van der Waals surface area contributed by atoms with Gasteiger partial charge in [-0.3, -0.25) is 15.4 Å². The van der Waals surface area contributed by atoms with Gasteiger partial charge in [0.2, 0.25) is 0 Å². The van der Waals surface area contributed by atoms with E-state index < -0.39 is 4.92 Å². The highest BCUT2D eigenvalue weighted by Gasteiger charge is 2.10. The zero-order valence-electron chi connectivity index (χ0n) is 11.1. The minimum Gasteiger partial charge on any atom is -0.493 e. The molecule has 0 saturated heterocycles. The number of pyridine rings is 1. The van der Waals surface area contributed by atoms with Crippen LogP contribution < -0.4 is 15.0 Å². The molecule has 0 aliphatic carbocycles. The van der Waals surface area contributed by atoms with Crippen molar-refractivity contribution >= 4 is 11.5 Å². The quantitative estimate of drug-likeness (QED) is 0.648. The summed E-state index contributed by atoms with van der Waals surface area (Å²) in [5.74, 6) is 1.55. The number of benzene rings is 1. The molecule has 1 aromatic heterocycles. The van der Waals surface area contributed by atoms with Crippen molar-refractivity contribution in [3.05, 3.63) is 58.3 Å². The molecule has 2 rings (SSSR count). The summed E-state index contributed by atoms with van der Waals surface area (Å²) in [6.07, 6.45) is 1.36. The zero-order valence-corrected chi connectivity index (χ0v) is 11.1. The second-order valence-electron chi connectivity index (χ2n) is 4.11. The van der Waals surface area contributed by atoms with E-state index in [2.05, 4.69) is 10.3 Å². The Morgan fingerprint density at radius 1 is 1.30 bits per heavy atom. The normalized spacial score (nSPS) is 10.1. The molecule has 6 nitrogen and oxygen atoms in total. The van der Waals surface area contributed by atoms with Gasteiger partial charge in [-0.15, -0.1) is 0 Å². The van der Waals surface area contributed by atoms with Crippen molar-refractivity contribution in [1.82, 2.24) is 0 Å². The van der Waals surface area contributed by atoms with Crippen LogP contribution >= 0.6 is 0 Å². The molecule has 2 aromatic rings. The third-order valence-electron chi connectivity index (χ3n) is 2.75. The van der Waals surface area contributed by atoms with Gasteiger partial charge in [0.25, 0.3) is 5.82 Å². The molecule has 1 aromatic carbocycles. The van der Waals surface area contributed by atoms with Crippen LogP contribution in [0.15, 0.2) is 42.6 Å². The molecule has 0 aliphatic rings. The lowest BCUT2D eigenvalue weighted by atomic mass is 10.2. The highest BCUT2D eigenvalue weighted by molar-refractivity contribution is 5.39. The van der Waals surface area contributed by atoms with Crippen molar-refractivity contribution in [2.75, 3.05) is 11.9 Å². The molecule has 0 bridgehead atoms. The van der Waals surface area contributed by atoms with E-state index in [0.717, 1.165) is 11.3 Å². The average Bonchev–Trinajstić information content (AvgIpc) is 2.47. The summed E-state index contributed by atoms with van der Waals surface area (Å²) < 4.78 is 5.54. The standard InChI is InChI=1S/C14H15N3O3/c1-2-20-13-6-4-3-5-11(13)9-15-14-8-7-12(10-16-14)17(18)19/h3-8,10H,2,9H2,1H3,(H,15,16)/p+1. The summed E-state index contributed by atoms with van der Waals surface area (Å²) in [6.45, 7) is 3.12. The maximum atomic E-state index is 10.6. The van der Waals surface area contributed by atoms with E-state index in [0.29, 0.717) is 19.0 Å². The first-order valence-corrected chi connectivity index (χ1v) is 6.31. The first-order valence-electron chi connectivity index (χ1n) is 6.31. The third-order valence-corrected chi connectivity index (χ3v) is 2.75. The molecule has 0 saturated carbocycles. The van der Waals surface area contributed by atoms with Crippen molar-refractivity contribution < 1.29 is 14.6 Å². The van der Waals surface area contributed by atoms with Gasteiger partial charge in [-0.25, -0.2) is 4.98 Å². The van der Waals surface area contributed by atoms with Gasteiger partial charge in [0.15, 0.2) is 6.20 Å². The van der Waals surface area contributed by atoms with E-state index in [9.17, 15) is 10.1 Å². The van der Waals surface area contributed by atoms with Gasteiger partial charge in [-0.1, -0.05) is 18.2 Å². The van der Waals surface area contributed by atoms with Crippen LogP contribution in [0.1, 0.15) is 12.5 Å². The molecule has 2 N–H and O–H groups in total. The topological polar surface area (TPSA) is 78.5 Å². The highest BCUT2D eigenvalue weighted by atomic mass is 16.6. The maximum Gasteiger partial charge on any atom is 0.308 e. The number of ether oxygens (including phenoxy) is 1. The Balaban J connectivity index is 2.03. The SMILES string of the molecule is CCOc1ccccc1CNc1ccc([N+](=O)[O-])c[nH+]1. The van der Waals surface area contributed by atoms with Gasteiger partial charge in [-0.2, -0.15) is 0 Å². The van der Waals surface area contributed by atoms with Crippen molar-refractivity contribution in [2.24, 2.45) is 0 Å². The van der Waals surface area contributed by atoms with E-state index in [-0.39, 0.29) is 5.69 Å². The Hall–Kier alpha value is -2.63. The van der Waals surface area contributed by atoms with Gasteiger partial charge in [0.1, 0.15) is 12.3 Å². The predicted molar refractivity (Wildman–Crippen MR) is 74.6 cm³/mol. The fourth-order valence-electron chi connectivity index (χ4n) is 1.78. The Bertz CT molecular complexity index is 584. The van der Waals surface area contributed by atoms with Crippen molar-refractivity contribution in [3.8, 4) is 5.75 Å². The number of aromatic nitrogens is 1. The lowest BCUT2D eigenvalue weighted by molar-refractivity contribution is -0.413. The minimum atomic E-state index is -0.440. The molecule has 0 radical (unpaired) electrons. The number of hydrogen-bond donors (Lipinski definition) is 1. The fourth-order valence-corrected chi connectivity index (χ4v) is 1.78. The van der Waals surface area contributed by atoms with Gasteiger partial charge in [0.05, 0.1) is 11.5 Å². The molecular weight excluding hydrogens is 258 g/mol. The van der Waals surface area contributed by atoms with E-state index in [1.807, 2.05) is 31.2 Å². The molecule has 1 heterocycles. The van der Waals surface area contributed by atoms with Gasteiger partial charge in [-0.05, 0) is 13.0 Å². The number of H-pyrrole nitrogens is 1. The monoisotopic (exact) mass is 274 g/mol. The summed E-state index contributed by atoms with van der Waals surface area (Å²) in [6, 6.07) is 10.9. The average molecular weight is 274 g/mol. The van der Waals surface area contributed by atoms with Gasteiger partial charge < -0.3 is 4.74 Å². The smallest absolute Gasteiger partial charge is 0.308 e. The second kappa shape index (κ2) is 6.51. The molecule has 6 heteroatoms. The maximum absolute atomic E-state index is 10.6. The summed E-state index contributed by atoms with van der Waals surface area (Å²) >= 11 is 0. The Labute approximate surface area is 116 Å². The molecule has 0 aliphatic heterocycles. The van der Waals surface area contributed by atoms with Crippen molar-refractivity contribution in [2.45, 2.75) is 13.5 Å². The van der Waals surface area contributed by atoms with Crippen LogP contribution in [0.4, 0.5) is 11.5 Å². The molecule has 0 spiro atoms. The second-order valence-corrected chi connectivity index (χ2v) is 4.11. The number of rotatable bonds is 6. The van der Waals surface area contributed by atoms with Crippen LogP contribution in [0.2, 0.25) is 0 Å². The number of para-hydroxylation sites is 1. The first-order chi connectivity index (χ1) is 9.70. The van der Waals surface area contributed by atoms with Crippen molar-refractivity contribution in [1.29, 1.82) is 0 Å². The molecule has 20 heavy (non-hydrogen) atoms. The first kappa shape index (κ1) is 13.8. The van der Waals surface area contributed by atoms with Gasteiger partial charge in [0, 0.05) is 17.7 Å². The van der Waals surface area contributed by atoms with Crippen molar-refractivity contribution in [3.63, 3.8) is 0 Å². The van der Waals surface area contributed by atoms with Crippen LogP contribution in [0.3, 0.4) is 0 Å². The zero-order chi connectivity index (χ0) is 14.4. The number of nitrogens with zero attached hydrogens (tertiary/aromatic N) is 1. The molecular formula is C14H16N3O3+. The number of aromatic amines is 1. The lowest BCUT2D eigenvalue weighted by Crippen LogP contribution is -2.13. The van der Waals surface area contributed by atoms with Crippen LogP contribution in [-0.4, -0.2) is 11.5 Å². The van der Waals surface area contributed by atoms with E-state index in [4.69, 9.17) is 4.74 Å². The Kier molecular flexibility index (Phi) is 4.49. The largest absolute Gasteiger partial charge is 0.493 e. The summed E-state index contributed by atoms with van der Waals surface area (Å²) in [5, 5.41) is 13.7. The molecule has 104 valence electrons. The van der Waals surface area contributed by atoms with Crippen LogP contribution in [-0.2, 0) is 6.54 Å². The summed E-state index contributed by atoms with van der Waals surface area (Å²) in [7, 11) is 0. The minimum absolute atomic E-state index is 0.0327. The van der Waals surface area contributed by atoms with E-state index >= 15 is 0 Å². The summed E-state index contributed by atoms with van der Waals surface area (Å²) in [4.78, 5) is 13.0. The Morgan fingerprint density at radius 3 is 2.75 bits per heavy atom. The summed E-state index contributed by atoms with van der Waals surface area (Å²) in [5.41, 5.74) is 1.06. The fraction of sp³-hybridized carbons (Fsp3) is 0.214. The lowest BCUT2D eigenvalue weighted by Gasteiger charge is -2.08. The van der Waals surface area contributed by atoms with Crippen LogP contribution in [0.5, 0.6) is 5.75 Å². The predicted octanol–water partition coefficient (Wildman–Crippen LogP) is 2.42. The number of nitro groups is 1. The van der Waals surface area contributed by atoms with Gasteiger partial charge >= 0.3 is 5.69 Å². The third kappa shape index (κ3) is 3.44. The van der Waals surface area contributed by atoms with Crippen LogP contribution in [0, 0.1) is 10.1 Å². The van der Waals surface area contributed by atoms with E-state index in [1.54, 1.807) is 6.07 Å². The highest BCUT2D eigenvalue weighted by Crippen LogP contribution is 2.19. The number of hydrogen-bond acceptors (Lipinski definition) is 4.